The van der Waals surface area contributed by atoms with Gasteiger partial charge in [0.25, 0.3) is 0 Å². The van der Waals surface area contributed by atoms with E-state index in [4.69, 9.17) is 5.73 Å². The minimum Gasteiger partial charge on any atom is -0.329 e. The van der Waals surface area contributed by atoms with Crippen molar-refractivity contribution in [2.24, 2.45) is 5.73 Å². The molecule has 0 amide bonds. The highest BCUT2D eigenvalue weighted by molar-refractivity contribution is 9.13. The molecule has 0 aliphatic rings. The maximum Gasteiger partial charge on any atom is 0.0843 e. The Morgan fingerprint density at radius 1 is 1.41 bits per heavy atom. The third-order valence-corrected chi connectivity index (χ3v) is 6.59. The van der Waals surface area contributed by atoms with Gasteiger partial charge in [0.1, 0.15) is 0 Å². The van der Waals surface area contributed by atoms with E-state index < -0.39 is 0 Å². The molecule has 6 heteroatoms. The Morgan fingerprint density at radius 2 is 2.24 bits per heavy atom. The minimum atomic E-state index is 0.213. The molecule has 0 saturated heterocycles. The Balaban J connectivity index is 2.01. The average molecular weight is 396 g/mol. The fourth-order valence-corrected chi connectivity index (χ4v) is 4.31. The van der Waals surface area contributed by atoms with E-state index >= 15 is 0 Å². The van der Waals surface area contributed by atoms with Gasteiger partial charge in [0.05, 0.1) is 9.83 Å². The van der Waals surface area contributed by atoms with E-state index in [2.05, 4.69) is 60.8 Å². The highest BCUT2D eigenvalue weighted by Gasteiger charge is 2.14. The first-order valence-corrected chi connectivity index (χ1v) is 8.39. The molecule has 2 rings (SSSR count). The summed E-state index contributed by atoms with van der Waals surface area (Å²) in [5.41, 5.74) is 5.82. The van der Waals surface area contributed by atoms with Crippen LogP contribution in [-0.2, 0) is 6.54 Å². The van der Waals surface area contributed by atoms with E-state index in [1.165, 1.54) is 9.75 Å². The summed E-state index contributed by atoms with van der Waals surface area (Å²) in [4.78, 5) is 2.58. The van der Waals surface area contributed by atoms with E-state index in [1.807, 2.05) is 0 Å². The minimum absolute atomic E-state index is 0.213. The first kappa shape index (κ1) is 13.7. The standard InChI is InChI=1S/C11H12Br2N2S2/c12-8-4-10(17-11(8)13)9(5-14)15-6-7-2-1-3-16-7/h1-4,9,15H,5-6,14H2. The van der Waals surface area contributed by atoms with E-state index in [0.29, 0.717) is 6.54 Å². The van der Waals surface area contributed by atoms with Crippen LogP contribution in [0, 0.1) is 0 Å². The molecule has 92 valence electrons. The summed E-state index contributed by atoms with van der Waals surface area (Å²) >= 11 is 10.5. The maximum atomic E-state index is 5.82. The van der Waals surface area contributed by atoms with E-state index in [9.17, 15) is 0 Å². The molecule has 0 aliphatic heterocycles. The summed E-state index contributed by atoms with van der Waals surface area (Å²) in [6, 6.07) is 6.53. The highest BCUT2D eigenvalue weighted by atomic mass is 79.9. The Bertz CT molecular complexity index is 448. The Morgan fingerprint density at radius 3 is 2.76 bits per heavy atom. The molecule has 0 bridgehead atoms. The molecule has 0 saturated carbocycles. The first-order chi connectivity index (χ1) is 8.20. The zero-order valence-electron chi connectivity index (χ0n) is 8.95. The molecule has 0 fully saturated rings. The van der Waals surface area contributed by atoms with E-state index in [1.54, 1.807) is 22.7 Å². The zero-order chi connectivity index (χ0) is 12.3. The summed E-state index contributed by atoms with van der Waals surface area (Å²) in [5.74, 6) is 0. The van der Waals surface area contributed by atoms with Gasteiger partial charge in [0, 0.05) is 27.3 Å². The van der Waals surface area contributed by atoms with Gasteiger partial charge in [-0.2, -0.15) is 0 Å². The molecule has 17 heavy (non-hydrogen) atoms. The van der Waals surface area contributed by atoms with Crippen LogP contribution in [0.25, 0.3) is 0 Å². The van der Waals surface area contributed by atoms with E-state index in [0.717, 1.165) is 14.8 Å². The molecule has 0 aromatic carbocycles. The number of hydrogen-bond donors (Lipinski definition) is 2. The van der Waals surface area contributed by atoms with Crippen LogP contribution in [0.3, 0.4) is 0 Å². The van der Waals surface area contributed by atoms with Gasteiger partial charge in [-0.3, -0.25) is 0 Å². The topological polar surface area (TPSA) is 38.0 Å². The number of thiophene rings is 2. The predicted molar refractivity (Wildman–Crippen MR) is 82.7 cm³/mol. The Kier molecular flexibility index (Phi) is 5.20. The quantitative estimate of drug-likeness (QED) is 0.798. The Labute approximate surface area is 125 Å². The van der Waals surface area contributed by atoms with Crippen LogP contribution in [0.15, 0.2) is 31.8 Å². The summed E-state index contributed by atoms with van der Waals surface area (Å²) in [6.07, 6.45) is 0. The van der Waals surface area contributed by atoms with E-state index in [-0.39, 0.29) is 6.04 Å². The van der Waals surface area contributed by atoms with Gasteiger partial charge in [-0.15, -0.1) is 22.7 Å². The van der Waals surface area contributed by atoms with Crippen LogP contribution < -0.4 is 11.1 Å². The third-order valence-electron chi connectivity index (χ3n) is 2.35. The van der Waals surface area contributed by atoms with Gasteiger partial charge in [-0.25, -0.2) is 0 Å². The van der Waals surface area contributed by atoms with Gasteiger partial charge < -0.3 is 11.1 Å². The van der Waals surface area contributed by atoms with Crippen molar-refractivity contribution in [3.8, 4) is 0 Å². The molecule has 1 unspecified atom stereocenters. The fraction of sp³-hybridized carbons (Fsp3) is 0.273. The largest absolute Gasteiger partial charge is 0.329 e. The molecule has 0 spiro atoms. The average Bonchev–Trinajstić information content (AvgIpc) is 2.91. The lowest BCUT2D eigenvalue weighted by Gasteiger charge is -2.14. The van der Waals surface area contributed by atoms with Crippen molar-refractivity contribution in [3.05, 3.63) is 41.6 Å². The third kappa shape index (κ3) is 3.62. The van der Waals surface area contributed by atoms with Crippen molar-refractivity contribution >= 4 is 54.5 Å². The van der Waals surface area contributed by atoms with Crippen LogP contribution in [0.1, 0.15) is 15.8 Å². The van der Waals surface area contributed by atoms with Gasteiger partial charge >= 0.3 is 0 Å². The normalized spacial score (nSPS) is 12.9. The van der Waals surface area contributed by atoms with Gasteiger partial charge in [-0.1, -0.05) is 6.07 Å². The van der Waals surface area contributed by atoms with Crippen molar-refractivity contribution in [2.45, 2.75) is 12.6 Å². The fourth-order valence-electron chi connectivity index (χ4n) is 1.47. The summed E-state index contributed by atoms with van der Waals surface area (Å²) in [6.45, 7) is 1.47. The van der Waals surface area contributed by atoms with Crippen LogP contribution in [0.4, 0.5) is 0 Å². The maximum absolute atomic E-state index is 5.82. The number of halogens is 2. The summed E-state index contributed by atoms with van der Waals surface area (Å²) < 4.78 is 2.21. The SMILES string of the molecule is NCC(NCc1cccs1)c1cc(Br)c(Br)s1. The van der Waals surface area contributed by atoms with Crippen LogP contribution in [0.5, 0.6) is 0 Å². The molecular weight excluding hydrogens is 384 g/mol. The zero-order valence-corrected chi connectivity index (χ0v) is 13.8. The monoisotopic (exact) mass is 394 g/mol. The number of nitrogens with two attached hydrogens (primary N) is 1. The number of nitrogens with one attached hydrogen (secondary N) is 1. The van der Waals surface area contributed by atoms with Crippen molar-refractivity contribution in [1.29, 1.82) is 0 Å². The summed E-state index contributed by atoms with van der Waals surface area (Å²) in [5, 5.41) is 5.57. The van der Waals surface area contributed by atoms with Crippen LogP contribution in [0.2, 0.25) is 0 Å². The van der Waals surface area contributed by atoms with Crippen LogP contribution >= 0.6 is 54.5 Å². The first-order valence-electron chi connectivity index (χ1n) is 5.11. The van der Waals surface area contributed by atoms with Crippen molar-refractivity contribution < 1.29 is 0 Å². The smallest absolute Gasteiger partial charge is 0.0843 e. The second kappa shape index (κ2) is 6.45. The molecule has 2 heterocycles. The second-order valence-corrected chi connectivity index (χ2v) is 7.81. The predicted octanol–water partition coefficient (Wildman–Crippen LogP) is 4.12. The summed E-state index contributed by atoms with van der Waals surface area (Å²) in [7, 11) is 0. The number of hydrogen-bond acceptors (Lipinski definition) is 4. The molecule has 2 aromatic heterocycles. The molecule has 0 aliphatic carbocycles. The van der Waals surface area contributed by atoms with Gasteiger partial charge in [-0.05, 0) is 49.4 Å². The molecule has 0 radical (unpaired) electrons. The molecule has 2 nitrogen and oxygen atoms in total. The lowest BCUT2D eigenvalue weighted by atomic mass is 10.2. The number of rotatable bonds is 5. The van der Waals surface area contributed by atoms with Gasteiger partial charge in [0.15, 0.2) is 0 Å². The molecule has 2 aromatic rings. The van der Waals surface area contributed by atoms with Crippen LogP contribution in [-0.4, -0.2) is 6.54 Å². The molecule has 3 N–H and O–H groups in total. The molecular formula is C11H12Br2N2S2. The van der Waals surface area contributed by atoms with Crippen molar-refractivity contribution in [1.82, 2.24) is 5.32 Å². The van der Waals surface area contributed by atoms with Gasteiger partial charge in [0.2, 0.25) is 0 Å². The lowest BCUT2D eigenvalue weighted by Crippen LogP contribution is -2.26. The van der Waals surface area contributed by atoms with Crippen molar-refractivity contribution in [3.63, 3.8) is 0 Å². The lowest BCUT2D eigenvalue weighted by molar-refractivity contribution is 0.553. The second-order valence-electron chi connectivity index (χ2n) is 3.52. The Hall–Kier alpha value is 0.280. The highest BCUT2D eigenvalue weighted by Crippen LogP contribution is 2.35. The van der Waals surface area contributed by atoms with Crippen molar-refractivity contribution in [2.75, 3.05) is 6.54 Å². The molecule has 1 atom stereocenters.